The molecule has 1 aliphatic rings. The molecule has 0 unspecified atom stereocenters. The summed E-state index contributed by atoms with van der Waals surface area (Å²) in [5, 5.41) is 11.8. The molecule has 2 rings (SSSR count). The van der Waals surface area contributed by atoms with E-state index in [0.717, 1.165) is 38.1 Å². The van der Waals surface area contributed by atoms with E-state index in [2.05, 4.69) is 17.3 Å². The Morgan fingerprint density at radius 1 is 1.32 bits per heavy atom. The van der Waals surface area contributed by atoms with Crippen molar-refractivity contribution in [2.45, 2.75) is 25.4 Å². The Labute approximate surface area is 111 Å². The van der Waals surface area contributed by atoms with Gasteiger partial charge >= 0.3 is 0 Å². The standard InChI is InChI=1S/C14H17F2N3/c1-19-4-2-11(3-5-19)18-9-12-13(15)6-10(8-17)7-14(12)16/h6-7,11,18H,2-5,9H2,1H3. The number of likely N-dealkylation sites (tertiary alicyclic amines) is 1. The summed E-state index contributed by atoms with van der Waals surface area (Å²) in [5.74, 6) is -1.31. The van der Waals surface area contributed by atoms with Crippen molar-refractivity contribution in [3.63, 3.8) is 0 Å². The lowest BCUT2D eigenvalue weighted by atomic mass is 10.0. The normalized spacial score (nSPS) is 17.4. The first-order valence-electron chi connectivity index (χ1n) is 6.40. The molecule has 0 amide bonds. The summed E-state index contributed by atoms with van der Waals surface area (Å²) in [6, 6.07) is 4.19. The molecule has 1 fully saturated rings. The molecule has 0 radical (unpaired) electrons. The molecule has 0 saturated carbocycles. The molecule has 5 heteroatoms. The number of nitrogens with zero attached hydrogens (tertiary/aromatic N) is 2. The third-order valence-corrected chi connectivity index (χ3v) is 3.56. The third kappa shape index (κ3) is 3.49. The molecule has 1 aliphatic heterocycles. The van der Waals surface area contributed by atoms with E-state index in [4.69, 9.17) is 5.26 Å². The van der Waals surface area contributed by atoms with Gasteiger partial charge in [-0.2, -0.15) is 5.26 Å². The van der Waals surface area contributed by atoms with Gasteiger partial charge in [0.05, 0.1) is 11.6 Å². The van der Waals surface area contributed by atoms with Crippen molar-refractivity contribution >= 4 is 0 Å². The smallest absolute Gasteiger partial charge is 0.131 e. The van der Waals surface area contributed by atoms with Crippen molar-refractivity contribution in [2.75, 3.05) is 20.1 Å². The Balaban J connectivity index is 1.98. The molecule has 1 aromatic carbocycles. The fraction of sp³-hybridized carbons (Fsp3) is 0.500. The lowest BCUT2D eigenvalue weighted by Crippen LogP contribution is -2.40. The molecule has 1 heterocycles. The Hall–Kier alpha value is -1.51. The molecule has 19 heavy (non-hydrogen) atoms. The van der Waals surface area contributed by atoms with Gasteiger partial charge in [-0.25, -0.2) is 8.78 Å². The summed E-state index contributed by atoms with van der Waals surface area (Å²) in [7, 11) is 2.07. The maximum absolute atomic E-state index is 13.7. The Kier molecular flexibility index (Phi) is 4.46. The van der Waals surface area contributed by atoms with Gasteiger partial charge in [-0.05, 0) is 45.1 Å². The highest BCUT2D eigenvalue weighted by atomic mass is 19.1. The van der Waals surface area contributed by atoms with Crippen molar-refractivity contribution in [1.82, 2.24) is 10.2 Å². The predicted molar refractivity (Wildman–Crippen MR) is 68.4 cm³/mol. The van der Waals surface area contributed by atoms with Crippen molar-refractivity contribution in [1.29, 1.82) is 5.26 Å². The van der Waals surface area contributed by atoms with Crippen LogP contribution in [0.2, 0.25) is 0 Å². The lowest BCUT2D eigenvalue weighted by molar-refractivity contribution is 0.233. The van der Waals surface area contributed by atoms with Crippen molar-refractivity contribution in [3.05, 3.63) is 34.9 Å². The van der Waals surface area contributed by atoms with Crippen LogP contribution in [0.5, 0.6) is 0 Å². The maximum Gasteiger partial charge on any atom is 0.131 e. The highest BCUT2D eigenvalue weighted by Gasteiger charge is 2.18. The van der Waals surface area contributed by atoms with Crippen LogP contribution in [0, 0.1) is 23.0 Å². The minimum atomic E-state index is -0.656. The summed E-state index contributed by atoms with van der Waals surface area (Å²) < 4.78 is 27.3. The van der Waals surface area contributed by atoms with E-state index in [1.54, 1.807) is 6.07 Å². The van der Waals surface area contributed by atoms with Crippen LogP contribution in [0.15, 0.2) is 12.1 Å². The van der Waals surface area contributed by atoms with Gasteiger partial charge < -0.3 is 10.2 Å². The van der Waals surface area contributed by atoms with Crippen LogP contribution in [0.3, 0.4) is 0 Å². The molecule has 0 atom stereocenters. The number of piperidine rings is 1. The minimum Gasteiger partial charge on any atom is -0.310 e. The first kappa shape index (κ1) is 13.9. The monoisotopic (exact) mass is 265 g/mol. The van der Waals surface area contributed by atoms with E-state index < -0.39 is 11.6 Å². The molecule has 102 valence electrons. The van der Waals surface area contributed by atoms with Gasteiger partial charge in [0.2, 0.25) is 0 Å². The quantitative estimate of drug-likeness (QED) is 0.908. The van der Waals surface area contributed by atoms with Crippen LogP contribution in [0.4, 0.5) is 8.78 Å². The van der Waals surface area contributed by atoms with Gasteiger partial charge in [0.1, 0.15) is 11.6 Å². The summed E-state index contributed by atoms with van der Waals surface area (Å²) in [6.45, 7) is 2.16. The summed E-state index contributed by atoms with van der Waals surface area (Å²) >= 11 is 0. The number of nitriles is 1. The summed E-state index contributed by atoms with van der Waals surface area (Å²) in [6.07, 6.45) is 1.96. The second-order valence-electron chi connectivity index (χ2n) is 4.99. The van der Waals surface area contributed by atoms with E-state index in [0.29, 0.717) is 6.04 Å². The minimum absolute atomic E-state index is 0.0120. The van der Waals surface area contributed by atoms with E-state index in [-0.39, 0.29) is 17.7 Å². The van der Waals surface area contributed by atoms with Gasteiger partial charge in [-0.15, -0.1) is 0 Å². The average Bonchev–Trinajstić information content (AvgIpc) is 2.39. The zero-order chi connectivity index (χ0) is 13.8. The first-order valence-corrected chi connectivity index (χ1v) is 6.40. The second-order valence-corrected chi connectivity index (χ2v) is 4.99. The predicted octanol–water partition coefficient (Wildman–Crippen LogP) is 2.02. The largest absolute Gasteiger partial charge is 0.310 e. The fourth-order valence-corrected chi connectivity index (χ4v) is 2.30. The van der Waals surface area contributed by atoms with E-state index >= 15 is 0 Å². The second kappa shape index (κ2) is 6.09. The number of rotatable bonds is 3. The maximum atomic E-state index is 13.7. The molecule has 0 aliphatic carbocycles. The first-order chi connectivity index (χ1) is 9.10. The number of hydrogen-bond donors (Lipinski definition) is 1. The fourth-order valence-electron chi connectivity index (χ4n) is 2.30. The molecule has 1 N–H and O–H groups in total. The zero-order valence-electron chi connectivity index (χ0n) is 10.9. The molecule has 0 bridgehead atoms. The lowest BCUT2D eigenvalue weighted by Gasteiger charge is -2.29. The van der Waals surface area contributed by atoms with E-state index in [9.17, 15) is 8.78 Å². The van der Waals surface area contributed by atoms with Crippen LogP contribution in [-0.2, 0) is 6.54 Å². The molecule has 0 spiro atoms. The van der Waals surface area contributed by atoms with Crippen molar-refractivity contribution in [3.8, 4) is 6.07 Å². The molecule has 1 saturated heterocycles. The summed E-state index contributed by atoms with van der Waals surface area (Å²) in [4.78, 5) is 2.24. The number of benzene rings is 1. The zero-order valence-corrected chi connectivity index (χ0v) is 10.9. The van der Waals surface area contributed by atoms with Gasteiger partial charge in [-0.3, -0.25) is 0 Å². The Morgan fingerprint density at radius 3 is 2.42 bits per heavy atom. The van der Waals surface area contributed by atoms with Gasteiger partial charge in [-0.1, -0.05) is 0 Å². The third-order valence-electron chi connectivity index (χ3n) is 3.56. The van der Waals surface area contributed by atoms with Crippen LogP contribution >= 0.6 is 0 Å². The Bertz CT molecular complexity index is 465. The molecular formula is C14H17F2N3. The molecule has 1 aromatic rings. The SMILES string of the molecule is CN1CCC(NCc2c(F)cc(C#N)cc2F)CC1. The average molecular weight is 265 g/mol. The number of hydrogen-bond acceptors (Lipinski definition) is 3. The molecule has 3 nitrogen and oxygen atoms in total. The van der Waals surface area contributed by atoms with Gasteiger partial charge in [0.15, 0.2) is 0 Å². The van der Waals surface area contributed by atoms with Crippen molar-refractivity contribution < 1.29 is 8.78 Å². The van der Waals surface area contributed by atoms with Crippen LogP contribution in [0.25, 0.3) is 0 Å². The van der Waals surface area contributed by atoms with Gasteiger partial charge in [0, 0.05) is 18.2 Å². The molecular weight excluding hydrogens is 248 g/mol. The van der Waals surface area contributed by atoms with Crippen molar-refractivity contribution in [2.24, 2.45) is 0 Å². The van der Waals surface area contributed by atoms with Crippen LogP contribution < -0.4 is 5.32 Å². The van der Waals surface area contributed by atoms with Crippen LogP contribution in [0.1, 0.15) is 24.0 Å². The Morgan fingerprint density at radius 2 is 1.89 bits per heavy atom. The topological polar surface area (TPSA) is 39.1 Å². The summed E-state index contributed by atoms with van der Waals surface area (Å²) in [5.41, 5.74) is 0.0240. The highest BCUT2D eigenvalue weighted by Crippen LogP contribution is 2.16. The molecule has 0 aromatic heterocycles. The van der Waals surface area contributed by atoms with E-state index in [1.807, 2.05) is 0 Å². The highest BCUT2D eigenvalue weighted by molar-refractivity contribution is 5.34. The van der Waals surface area contributed by atoms with Gasteiger partial charge in [0.25, 0.3) is 0 Å². The van der Waals surface area contributed by atoms with Crippen LogP contribution in [-0.4, -0.2) is 31.1 Å². The number of halogens is 2. The van der Waals surface area contributed by atoms with E-state index in [1.165, 1.54) is 0 Å². The number of nitrogens with one attached hydrogen (secondary N) is 1.